The summed E-state index contributed by atoms with van der Waals surface area (Å²) in [6, 6.07) is 0. The molecular formula is C15H31ClN2O. The summed E-state index contributed by atoms with van der Waals surface area (Å²) >= 11 is 0. The van der Waals surface area contributed by atoms with Crippen molar-refractivity contribution in [3.63, 3.8) is 0 Å². The second-order valence-electron chi connectivity index (χ2n) is 5.67. The average Bonchev–Trinajstić information content (AvgIpc) is 2.83. The molecule has 114 valence electrons. The Kier molecular flexibility index (Phi) is 10.3. The smallest absolute Gasteiger partial charge is 0.222 e. The van der Waals surface area contributed by atoms with Crippen LogP contribution in [0.15, 0.2) is 0 Å². The van der Waals surface area contributed by atoms with Crippen LogP contribution < -0.4 is 5.32 Å². The first-order valence-corrected chi connectivity index (χ1v) is 7.63. The minimum Gasteiger partial charge on any atom is -0.342 e. The Morgan fingerprint density at radius 3 is 2.74 bits per heavy atom. The molecule has 1 aliphatic rings. The predicted molar refractivity (Wildman–Crippen MR) is 83.8 cm³/mol. The molecule has 1 N–H and O–H groups in total. The average molecular weight is 291 g/mol. The molecule has 1 amide bonds. The monoisotopic (exact) mass is 290 g/mol. The minimum atomic E-state index is 0. The van der Waals surface area contributed by atoms with Crippen molar-refractivity contribution in [1.82, 2.24) is 10.2 Å². The Morgan fingerprint density at radius 2 is 2.16 bits per heavy atom. The number of carbonyl (C=O) groups excluding carboxylic acids is 1. The number of hydrogen-bond donors (Lipinski definition) is 1. The van der Waals surface area contributed by atoms with Crippen LogP contribution in [-0.2, 0) is 4.79 Å². The summed E-state index contributed by atoms with van der Waals surface area (Å²) in [4.78, 5) is 14.3. The van der Waals surface area contributed by atoms with Crippen molar-refractivity contribution >= 4 is 18.3 Å². The third-order valence-electron chi connectivity index (χ3n) is 4.14. The maximum absolute atomic E-state index is 12.2. The van der Waals surface area contributed by atoms with E-state index in [4.69, 9.17) is 0 Å². The summed E-state index contributed by atoms with van der Waals surface area (Å²) in [6.07, 6.45) is 6.78. The fraction of sp³-hybridized carbons (Fsp3) is 0.933. The van der Waals surface area contributed by atoms with Gasteiger partial charge in [0.1, 0.15) is 0 Å². The molecular weight excluding hydrogens is 260 g/mol. The van der Waals surface area contributed by atoms with Gasteiger partial charge in [0.15, 0.2) is 0 Å². The topological polar surface area (TPSA) is 32.3 Å². The van der Waals surface area contributed by atoms with Gasteiger partial charge in [-0.2, -0.15) is 0 Å². The number of likely N-dealkylation sites (tertiary alicyclic amines) is 1. The molecule has 0 saturated carbocycles. The molecule has 4 heteroatoms. The van der Waals surface area contributed by atoms with E-state index in [1.807, 2.05) is 7.05 Å². The number of unbranched alkanes of at least 4 members (excludes halogenated alkanes) is 1. The highest BCUT2D eigenvalue weighted by atomic mass is 35.5. The number of halogens is 1. The van der Waals surface area contributed by atoms with E-state index < -0.39 is 0 Å². The fourth-order valence-electron chi connectivity index (χ4n) is 2.83. The molecule has 2 atom stereocenters. The van der Waals surface area contributed by atoms with Gasteiger partial charge in [-0.15, -0.1) is 12.4 Å². The van der Waals surface area contributed by atoms with Gasteiger partial charge in [0.2, 0.25) is 5.91 Å². The van der Waals surface area contributed by atoms with Gasteiger partial charge in [-0.1, -0.05) is 33.1 Å². The quantitative estimate of drug-likeness (QED) is 0.745. The van der Waals surface area contributed by atoms with Gasteiger partial charge in [0, 0.05) is 19.5 Å². The lowest BCUT2D eigenvalue weighted by molar-refractivity contribution is -0.131. The molecule has 1 saturated heterocycles. The molecule has 0 aliphatic carbocycles. The fourth-order valence-corrected chi connectivity index (χ4v) is 2.83. The van der Waals surface area contributed by atoms with Crippen LogP contribution in [0.1, 0.15) is 52.4 Å². The van der Waals surface area contributed by atoms with Gasteiger partial charge in [-0.3, -0.25) is 4.79 Å². The lowest BCUT2D eigenvalue weighted by Gasteiger charge is -2.20. The summed E-state index contributed by atoms with van der Waals surface area (Å²) < 4.78 is 0. The van der Waals surface area contributed by atoms with E-state index >= 15 is 0 Å². The summed E-state index contributed by atoms with van der Waals surface area (Å²) in [7, 11) is 1.99. The third kappa shape index (κ3) is 6.62. The SMILES string of the molecule is CCCCC(CC)CC(=O)N1CCC(CNC)C1.Cl. The Hall–Kier alpha value is -0.280. The molecule has 1 rings (SSSR count). The van der Waals surface area contributed by atoms with Gasteiger partial charge < -0.3 is 10.2 Å². The Balaban J connectivity index is 0.00000324. The summed E-state index contributed by atoms with van der Waals surface area (Å²) in [5, 5.41) is 3.21. The molecule has 2 unspecified atom stereocenters. The highest BCUT2D eigenvalue weighted by molar-refractivity contribution is 5.85. The molecule has 0 aromatic carbocycles. The molecule has 0 radical (unpaired) electrons. The van der Waals surface area contributed by atoms with Gasteiger partial charge in [0.05, 0.1) is 0 Å². The van der Waals surface area contributed by atoms with Crippen molar-refractivity contribution in [2.45, 2.75) is 52.4 Å². The van der Waals surface area contributed by atoms with E-state index in [1.54, 1.807) is 0 Å². The largest absolute Gasteiger partial charge is 0.342 e. The predicted octanol–water partition coefficient (Wildman–Crippen LogP) is 3.08. The second kappa shape index (κ2) is 10.5. The number of carbonyl (C=O) groups is 1. The lowest BCUT2D eigenvalue weighted by atomic mass is 9.95. The van der Waals surface area contributed by atoms with Gasteiger partial charge in [0.25, 0.3) is 0 Å². The van der Waals surface area contributed by atoms with Crippen LogP contribution >= 0.6 is 12.4 Å². The highest BCUT2D eigenvalue weighted by Gasteiger charge is 2.26. The molecule has 0 bridgehead atoms. The summed E-state index contributed by atoms with van der Waals surface area (Å²) in [5.74, 6) is 1.65. The van der Waals surface area contributed by atoms with E-state index in [2.05, 4.69) is 24.1 Å². The Bertz CT molecular complexity index is 248. The zero-order valence-corrected chi connectivity index (χ0v) is 13.6. The zero-order valence-electron chi connectivity index (χ0n) is 12.8. The van der Waals surface area contributed by atoms with Crippen molar-refractivity contribution < 1.29 is 4.79 Å². The molecule has 0 aromatic rings. The number of amides is 1. The van der Waals surface area contributed by atoms with Gasteiger partial charge in [-0.25, -0.2) is 0 Å². The highest BCUT2D eigenvalue weighted by Crippen LogP contribution is 2.21. The molecule has 0 spiro atoms. The van der Waals surface area contributed by atoms with Crippen LogP contribution in [0.4, 0.5) is 0 Å². The molecule has 19 heavy (non-hydrogen) atoms. The van der Waals surface area contributed by atoms with Crippen LogP contribution in [0.5, 0.6) is 0 Å². The Labute approximate surface area is 124 Å². The molecule has 3 nitrogen and oxygen atoms in total. The van der Waals surface area contributed by atoms with E-state index in [0.717, 1.165) is 32.5 Å². The van der Waals surface area contributed by atoms with Crippen molar-refractivity contribution in [1.29, 1.82) is 0 Å². The van der Waals surface area contributed by atoms with E-state index in [0.29, 0.717) is 17.7 Å². The van der Waals surface area contributed by atoms with Gasteiger partial charge >= 0.3 is 0 Å². The van der Waals surface area contributed by atoms with Crippen LogP contribution in [0.2, 0.25) is 0 Å². The van der Waals surface area contributed by atoms with Crippen LogP contribution in [0.3, 0.4) is 0 Å². The summed E-state index contributed by atoms with van der Waals surface area (Å²) in [6.45, 7) is 7.40. The van der Waals surface area contributed by atoms with E-state index in [-0.39, 0.29) is 12.4 Å². The van der Waals surface area contributed by atoms with Crippen molar-refractivity contribution in [3.05, 3.63) is 0 Å². The first-order chi connectivity index (χ1) is 8.71. The van der Waals surface area contributed by atoms with E-state index in [9.17, 15) is 4.79 Å². The third-order valence-corrected chi connectivity index (χ3v) is 4.14. The maximum Gasteiger partial charge on any atom is 0.222 e. The van der Waals surface area contributed by atoms with Crippen molar-refractivity contribution in [2.24, 2.45) is 11.8 Å². The second-order valence-corrected chi connectivity index (χ2v) is 5.67. The normalized spacial score (nSPS) is 20.2. The standard InChI is InChI=1S/C15H30N2O.ClH/c1-4-6-7-13(5-2)10-15(18)17-9-8-14(12-17)11-16-3;/h13-14,16H,4-12H2,1-3H3;1H. The van der Waals surface area contributed by atoms with Crippen LogP contribution in [-0.4, -0.2) is 37.5 Å². The maximum atomic E-state index is 12.2. The molecule has 1 heterocycles. The first kappa shape index (κ1) is 18.7. The lowest BCUT2D eigenvalue weighted by Crippen LogP contribution is -2.31. The molecule has 0 aromatic heterocycles. The summed E-state index contributed by atoms with van der Waals surface area (Å²) in [5.41, 5.74) is 0. The number of hydrogen-bond acceptors (Lipinski definition) is 2. The van der Waals surface area contributed by atoms with Crippen LogP contribution in [0, 0.1) is 11.8 Å². The Morgan fingerprint density at radius 1 is 1.42 bits per heavy atom. The van der Waals surface area contributed by atoms with Crippen molar-refractivity contribution in [3.8, 4) is 0 Å². The van der Waals surface area contributed by atoms with Crippen molar-refractivity contribution in [2.75, 3.05) is 26.7 Å². The van der Waals surface area contributed by atoms with Crippen LogP contribution in [0.25, 0.3) is 0 Å². The van der Waals surface area contributed by atoms with Gasteiger partial charge in [-0.05, 0) is 38.3 Å². The zero-order chi connectivity index (χ0) is 13.4. The molecule has 1 aliphatic heterocycles. The number of nitrogens with zero attached hydrogens (tertiary/aromatic N) is 1. The molecule has 1 fully saturated rings. The first-order valence-electron chi connectivity index (χ1n) is 7.63. The van der Waals surface area contributed by atoms with E-state index in [1.165, 1.54) is 25.7 Å². The number of rotatable bonds is 8. The minimum absolute atomic E-state index is 0. The number of nitrogens with one attached hydrogen (secondary N) is 1.